The Morgan fingerprint density at radius 1 is 0.727 bits per heavy atom. The standard InChI is InChI=1S/2C21H20FN3O2.CH4/c1-15(27-19-5-3-2-4-6-19)20-13-18-14-24(11-12-25(18)23-20)21(26)16-7-9-17(22)10-8-16;1-15-20-13-18(14-27-19-5-3-2-4-6-19)23-25(20)12-11-24(15)21(26)16-7-9-17(22)10-8-16;/h2*2-10,13,15H,11-12,14H2,1H3;1H4. The van der Waals surface area contributed by atoms with E-state index in [1.165, 1.54) is 48.5 Å². The molecule has 0 bridgehead atoms. The van der Waals surface area contributed by atoms with Gasteiger partial charge in [-0.1, -0.05) is 43.8 Å². The van der Waals surface area contributed by atoms with Crippen LogP contribution < -0.4 is 9.47 Å². The number of para-hydroxylation sites is 2. The lowest BCUT2D eigenvalue weighted by Gasteiger charge is -2.34. The van der Waals surface area contributed by atoms with Gasteiger partial charge in [0.2, 0.25) is 0 Å². The fraction of sp³-hybridized carbons (Fsp3) is 0.256. The Hall–Kier alpha value is -6.30. The van der Waals surface area contributed by atoms with Crippen LogP contribution in [0.2, 0.25) is 0 Å². The van der Waals surface area contributed by atoms with E-state index < -0.39 is 0 Å². The second-order valence-electron chi connectivity index (χ2n) is 13.2. The molecular weight excluding hydrogens is 703 g/mol. The van der Waals surface area contributed by atoms with Gasteiger partial charge in [-0.3, -0.25) is 19.0 Å². The summed E-state index contributed by atoms with van der Waals surface area (Å²) in [6.07, 6.45) is -0.188. The fourth-order valence-electron chi connectivity index (χ4n) is 6.54. The Morgan fingerprint density at radius 2 is 1.31 bits per heavy atom. The first kappa shape index (κ1) is 38.4. The van der Waals surface area contributed by atoms with Crippen LogP contribution in [0.5, 0.6) is 11.5 Å². The number of ether oxygens (including phenoxy) is 2. The monoisotopic (exact) mass is 746 g/mol. The number of carbonyl (C=O) groups is 2. The summed E-state index contributed by atoms with van der Waals surface area (Å²) in [4.78, 5) is 29.0. The van der Waals surface area contributed by atoms with E-state index in [0.29, 0.717) is 50.5 Å². The molecular formula is C43H44F2N6O4. The molecule has 10 nitrogen and oxygen atoms in total. The number of benzene rings is 4. The van der Waals surface area contributed by atoms with Gasteiger partial charge in [0.05, 0.1) is 37.1 Å². The highest BCUT2D eigenvalue weighted by molar-refractivity contribution is 5.95. The molecule has 4 aromatic carbocycles. The quantitative estimate of drug-likeness (QED) is 0.156. The summed E-state index contributed by atoms with van der Waals surface area (Å²) in [6, 6.07) is 34.4. The van der Waals surface area contributed by atoms with E-state index in [1.54, 1.807) is 9.80 Å². The lowest BCUT2D eigenvalue weighted by atomic mass is 10.1. The molecule has 55 heavy (non-hydrogen) atoms. The van der Waals surface area contributed by atoms with Gasteiger partial charge < -0.3 is 19.3 Å². The van der Waals surface area contributed by atoms with Crippen LogP contribution in [0.15, 0.2) is 121 Å². The summed E-state index contributed by atoms with van der Waals surface area (Å²) < 4.78 is 41.8. The molecule has 8 rings (SSSR count). The Bertz CT molecular complexity index is 2190. The Kier molecular flexibility index (Phi) is 12.0. The summed E-state index contributed by atoms with van der Waals surface area (Å²) in [5.41, 5.74) is 4.59. The van der Waals surface area contributed by atoms with E-state index >= 15 is 0 Å². The summed E-state index contributed by atoms with van der Waals surface area (Å²) in [5, 5.41) is 9.23. The van der Waals surface area contributed by atoms with Gasteiger partial charge in [-0.2, -0.15) is 10.2 Å². The zero-order valence-corrected chi connectivity index (χ0v) is 30.0. The van der Waals surface area contributed by atoms with Crippen molar-refractivity contribution in [2.45, 2.75) is 59.7 Å². The minimum Gasteiger partial charge on any atom is -0.487 e. The predicted octanol–water partition coefficient (Wildman–Crippen LogP) is 8.27. The second-order valence-corrected chi connectivity index (χ2v) is 13.2. The third kappa shape index (κ3) is 9.09. The molecule has 0 N–H and O–H groups in total. The summed E-state index contributed by atoms with van der Waals surface area (Å²) >= 11 is 0. The molecule has 0 radical (unpaired) electrons. The van der Waals surface area contributed by atoms with E-state index in [9.17, 15) is 18.4 Å². The van der Waals surface area contributed by atoms with Crippen molar-refractivity contribution in [1.82, 2.24) is 29.4 Å². The lowest BCUT2D eigenvalue weighted by Crippen LogP contribution is -2.41. The van der Waals surface area contributed by atoms with Crippen LogP contribution in [0.25, 0.3) is 0 Å². The maximum Gasteiger partial charge on any atom is 0.254 e. The van der Waals surface area contributed by atoms with Crippen LogP contribution >= 0.6 is 0 Å². The molecule has 0 saturated carbocycles. The molecule has 2 aliphatic rings. The Balaban J connectivity index is 0.000000184. The minimum atomic E-state index is -0.348. The largest absolute Gasteiger partial charge is 0.487 e. The number of amides is 2. The number of carbonyl (C=O) groups excluding carboxylic acids is 2. The zero-order chi connectivity index (χ0) is 37.6. The van der Waals surface area contributed by atoms with Crippen molar-refractivity contribution in [3.8, 4) is 11.5 Å². The number of hydrogen-bond donors (Lipinski definition) is 0. The summed E-state index contributed by atoms with van der Waals surface area (Å²) in [7, 11) is 0. The predicted molar refractivity (Wildman–Crippen MR) is 204 cm³/mol. The SMILES string of the molecule is C.CC(Oc1ccccc1)c1cc2n(n1)CCN(C(=O)c1ccc(F)cc1)C2.CC1c2cc(COc3ccccc3)nn2CCN1C(=O)c1ccc(F)cc1. The van der Waals surface area contributed by atoms with Crippen LogP contribution in [-0.2, 0) is 26.2 Å². The van der Waals surface area contributed by atoms with E-state index in [4.69, 9.17) is 9.47 Å². The average Bonchev–Trinajstić information content (AvgIpc) is 3.83. The second kappa shape index (κ2) is 17.2. The number of hydrogen-bond acceptors (Lipinski definition) is 6. The van der Waals surface area contributed by atoms with Crippen molar-refractivity contribution >= 4 is 11.8 Å². The van der Waals surface area contributed by atoms with Gasteiger partial charge in [-0.05, 0) is 98.8 Å². The molecule has 6 aromatic rings. The van der Waals surface area contributed by atoms with Crippen molar-refractivity contribution in [2.24, 2.45) is 0 Å². The highest BCUT2D eigenvalue weighted by Crippen LogP contribution is 2.28. The first-order chi connectivity index (χ1) is 26.2. The summed E-state index contributed by atoms with van der Waals surface area (Å²) in [6.45, 7) is 7.17. The van der Waals surface area contributed by atoms with Gasteiger partial charge >= 0.3 is 0 Å². The maximum atomic E-state index is 13.1. The van der Waals surface area contributed by atoms with Crippen molar-refractivity contribution < 1.29 is 27.8 Å². The Labute approximate surface area is 319 Å². The average molecular weight is 747 g/mol. The molecule has 0 fully saturated rings. The van der Waals surface area contributed by atoms with E-state index in [0.717, 1.165) is 34.3 Å². The molecule has 2 amide bonds. The molecule has 4 heterocycles. The number of aromatic nitrogens is 4. The highest BCUT2D eigenvalue weighted by atomic mass is 19.1. The number of halogens is 2. The van der Waals surface area contributed by atoms with Gasteiger partial charge in [0, 0.05) is 24.2 Å². The molecule has 0 spiro atoms. The van der Waals surface area contributed by atoms with Crippen molar-refractivity contribution in [2.75, 3.05) is 13.1 Å². The van der Waals surface area contributed by atoms with Crippen LogP contribution in [-0.4, -0.2) is 54.3 Å². The smallest absolute Gasteiger partial charge is 0.254 e. The van der Waals surface area contributed by atoms with Crippen LogP contribution in [0, 0.1) is 11.6 Å². The molecule has 2 aromatic heterocycles. The first-order valence-corrected chi connectivity index (χ1v) is 17.9. The Morgan fingerprint density at radius 3 is 1.95 bits per heavy atom. The minimum absolute atomic E-state index is 0. The maximum absolute atomic E-state index is 13.1. The molecule has 12 heteroatoms. The van der Waals surface area contributed by atoms with Crippen LogP contribution in [0.4, 0.5) is 8.78 Å². The van der Waals surface area contributed by atoms with Gasteiger partial charge in [0.25, 0.3) is 11.8 Å². The topological polar surface area (TPSA) is 94.7 Å². The van der Waals surface area contributed by atoms with Crippen molar-refractivity contribution in [1.29, 1.82) is 0 Å². The van der Waals surface area contributed by atoms with Crippen molar-refractivity contribution in [3.63, 3.8) is 0 Å². The van der Waals surface area contributed by atoms with Crippen LogP contribution in [0.3, 0.4) is 0 Å². The van der Waals surface area contributed by atoms with Crippen LogP contribution in [0.1, 0.15) is 76.9 Å². The summed E-state index contributed by atoms with van der Waals surface area (Å²) in [5.74, 6) is 0.697. The third-order valence-electron chi connectivity index (χ3n) is 9.46. The number of nitrogens with zero attached hydrogens (tertiary/aromatic N) is 6. The highest BCUT2D eigenvalue weighted by Gasteiger charge is 2.30. The van der Waals surface area contributed by atoms with E-state index in [-0.39, 0.29) is 43.0 Å². The van der Waals surface area contributed by atoms with Gasteiger partial charge in [0.1, 0.15) is 47.2 Å². The number of rotatable bonds is 8. The van der Waals surface area contributed by atoms with E-state index in [2.05, 4.69) is 10.2 Å². The lowest BCUT2D eigenvalue weighted by molar-refractivity contribution is 0.0635. The molecule has 2 unspecified atom stereocenters. The van der Waals surface area contributed by atoms with Crippen molar-refractivity contribution in [3.05, 3.63) is 167 Å². The fourth-order valence-corrected chi connectivity index (χ4v) is 6.54. The van der Waals surface area contributed by atoms with Gasteiger partial charge in [-0.15, -0.1) is 0 Å². The first-order valence-electron chi connectivity index (χ1n) is 17.9. The third-order valence-corrected chi connectivity index (χ3v) is 9.46. The normalized spacial score (nSPS) is 15.0. The molecule has 0 aliphatic carbocycles. The number of fused-ring (bicyclic) bond motifs is 2. The molecule has 0 saturated heterocycles. The molecule has 284 valence electrons. The van der Waals surface area contributed by atoms with Gasteiger partial charge in [-0.25, -0.2) is 8.78 Å². The molecule has 2 atom stereocenters. The zero-order valence-electron chi connectivity index (χ0n) is 30.0. The van der Waals surface area contributed by atoms with E-state index in [1.807, 2.05) is 96.0 Å². The molecule has 2 aliphatic heterocycles. The van der Waals surface area contributed by atoms with Gasteiger partial charge in [0.15, 0.2) is 0 Å².